The molecule has 1 aromatic carbocycles. The minimum Gasteiger partial charge on any atom is -0.368 e. The Hall–Kier alpha value is -2.05. The Balaban J connectivity index is 2.92. The average molecular weight is 232 g/mol. The van der Waals surface area contributed by atoms with Crippen molar-refractivity contribution in [2.24, 2.45) is 5.73 Å². The molecule has 0 fully saturated rings. The lowest BCUT2D eigenvalue weighted by molar-refractivity contribution is -0.117. The van der Waals surface area contributed by atoms with Crippen LogP contribution in [-0.2, 0) is 4.79 Å². The minimum absolute atomic E-state index is 0.517. The van der Waals surface area contributed by atoms with Gasteiger partial charge in [0.15, 0.2) is 17.5 Å². The van der Waals surface area contributed by atoms with Crippen LogP contribution in [0.15, 0.2) is 12.1 Å². The van der Waals surface area contributed by atoms with Crippen molar-refractivity contribution in [3.63, 3.8) is 0 Å². The smallest absolute Gasteiger partial charge is 0.254 e. The van der Waals surface area contributed by atoms with Gasteiger partial charge in [0.1, 0.15) is 0 Å². The number of benzene rings is 1. The summed E-state index contributed by atoms with van der Waals surface area (Å²) in [5.74, 6) is -6.64. The van der Waals surface area contributed by atoms with E-state index in [4.69, 9.17) is 5.73 Å². The summed E-state index contributed by atoms with van der Waals surface area (Å²) in [5.41, 5.74) is 4.04. The van der Waals surface area contributed by atoms with Crippen LogP contribution < -0.4 is 11.1 Å². The average Bonchev–Trinajstić information content (AvgIpc) is 2.23. The number of hydrogen-bond donors (Lipinski definition) is 2. The molecule has 0 atom stereocenters. The van der Waals surface area contributed by atoms with Crippen LogP contribution >= 0.6 is 0 Å². The maximum absolute atomic E-state index is 13.0. The highest BCUT2D eigenvalue weighted by Gasteiger charge is 2.18. The van der Waals surface area contributed by atoms with Crippen LogP contribution in [0.4, 0.5) is 13.2 Å². The van der Waals surface area contributed by atoms with Crippen molar-refractivity contribution in [1.82, 2.24) is 5.32 Å². The molecule has 0 saturated heterocycles. The molecule has 0 bridgehead atoms. The Kier molecular flexibility index (Phi) is 3.49. The number of primary amides is 1. The molecule has 0 aliphatic heterocycles. The van der Waals surface area contributed by atoms with Gasteiger partial charge in [0.2, 0.25) is 5.91 Å². The zero-order valence-corrected chi connectivity index (χ0v) is 7.89. The highest BCUT2D eigenvalue weighted by molar-refractivity contribution is 5.96. The number of nitrogens with two attached hydrogens (primary N) is 1. The number of rotatable bonds is 3. The van der Waals surface area contributed by atoms with Gasteiger partial charge in [0.25, 0.3) is 5.91 Å². The van der Waals surface area contributed by atoms with E-state index in [9.17, 15) is 22.8 Å². The second kappa shape index (κ2) is 4.65. The summed E-state index contributed by atoms with van der Waals surface area (Å²) in [6.07, 6.45) is 0. The van der Waals surface area contributed by atoms with E-state index in [0.29, 0.717) is 6.07 Å². The van der Waals surface area contributed by atoms with Crippen LogP contribution in [-0.4, -0.2) is 18.4 Å². The van der Waals surface area contributed by atoms with Gasteiger partial charge in [-0.15, -0.1) is 0 Å². The first-order chi connectivity index (χ1) is 7.43. The van der Waals surface area contributed by atoms with Crippen molar-refractivity contribution in [3.8, 4) is 0 Å². The number of nitrogens with one attached hydrogen (secondary N) is 1. The van der Waals surface area contributed by atoms with Crippen LogP contribution in [0.5, 0.6) is 0 Å². The van der Waals surface area contributed by atoms with E-state index >= 15 is 0 Å². The van der Waals surface area contributed by atoms with Crippen LogP contribution in [0.25, 0.3) is 0 Å². The van der Waals surface area contributed by atoms with Crippen molar-refractivity contribution >= 4 is 11.8 Å². The van der Waals surface area contributed by atoms with Crippen molar-refractivity contribution < 1.29 is 22.8 Å². The van der Waals surface area contributed by atoms with Gasteiger partial charge in [-0.2, -0.15) is 0 Å². The monoisotopic (exact) mass is 232 g/mol. The van der Waals surface area contributed by atoms with E-state index in [1.165, 1.54) is 0 Å². The lowest BCUT2D eigenvalue weighted by atomic mass is 10.2. The first-order valence-corrected chi connectivity index (χ1v) is 4.13. The van der Waals surface area contributed by atoms with E-state index < -0.39 is 41.4 Å². The number of amides is 2. The topological polar surface area (TPSA) is 72.2 Å². The Labute approximate surface area is 88.2 Å². The van der Waals surface area contributed by atoms with Crippen LogP contribution in [0.2, 0.25) is 0 Å². The molecule has 7 heteroatoms. The van der Waals surface area contributed by atoms with E-state index in [-0.39, 0.29) is 0 Å². The number of carbonyl (C=O) groups is 2. The molecule has 4 nitrogen and oxygen atoms in total. The molecule has 3 N–H and O–H groups in total. The Morgan fingerprint density at radius 3 is 2.38 bits per heavy atom. The fraction of sp³-hybridized carbons (Fsp3) is 0.111. The highest BCUT2D eigenvalue weighted by Crippen LogP contribution is 2.14. The lowest BCUT2D eigenvalue weighted by Crippen LogP contribution is -2.33. The quantitative estimate of drug-likeness (QED) is 0.736. The van der Waals surface area contributed by atoms with Crippen LogP contribution in [0.1, 0.15) is 10.4 Å². The minimum atomic E-state index is -1.74. The van der Waals surface area contributed by atoms with Gasteiger partial charge >= 0.3 is 0 Å². The van der Waals surface area contributed by atoms with Crippen molar-refractivity contribution in [3.05, 3.63) is 35.1 Å². The highest BCUT2D eigenvalue weighted by atomic mass is 19.2. The van der Waals surface area contributed by atoms with E-state index in [0.717, 1.165) is 6.07 Å². The summed E-state index contributed by atoms with van der Waals surface area (Å²) in [4.78, 5) is 21.5. The normalized spacial score (nSPS) is 9.94. The van der Waals surface area contributed by atoms with E-state index in [1.807, 2.05) is 5.32 Å². The van der Waals surface area contributed by atoms with Crippen LogP contribution in [0, 0.1) is 17.5 Å². The molecular formula is C9H7F3N2O2. The summed E-state index contributed by atoms with van der Waals surface area (Å²) in [6, 6.07) is 1.38. The van der Waals surface area contributed by atoms with E-state index in [2.05, 4.69) is 0 Å². The molecule has 0 aliphatic rings. The first kappa shape index (κ1) is 12.0. The number of carbonyl (C=O) groups excluding carboxylic acids is 2. The van der Waals surface area contributed by atoms with Gasteiger partial charge in [-0.3, -0.25) is 9.59 Å². The predicted molar refractivity (Wildman–Crippen MR) is 47.8 cm³/mol. The second-order valence-corrected chi connectivity index (χ2v) is 2.87. The molecule has 2 amide bonds. The molecule has 0 unspecified atom stereocenters. The Morgan fingerprint density at radius 1 is 1.19 bits per heavy atom. The lowest BCUT2D eigenvalue weighted by Gasteiger charge is -2.04. The molecule has 1 rings (SSSR count). The maximum atomic E-state index is 13.0. The third kappa shape index (κ3) is 2.50. The molecule has 0 spiro atoms. The molecule has 0 aromatic heterocycles. The third-order valence-corrected chi connectivity index (χ3v) is 1.70. The van der Waals surface area contributed by atoms with Gasteiger partial charge in [-0.25, -0.2) is 13.2 Å². The van der Waals surface area contributed by atoms with Gasteiger partial charge < -0.3 is 11.1 Å². The first-order valence-electron chi connectivity index (χ1n) is 4.13. The molecule has 16 heavy (non-hydrogen) atoms. The molecule has 0 heterocycles. The van der Waals surface area contributed by atoms with E-state index in [1.54, 1.807) is 0 Å². The second-order valence-electron chi connectivity index (χ2n) is 2.87. The van der Waals surface area contributed by atoms with Gasteiger partial charge in [0, 0.05) is 0 Å². The molecule has 0 radical (unpaired) electrons. The summed E-state index contributed by atoms with van der Waals surface area (Å²) < 4.78 is 38.3. The van der Waals surface area contributed by atoms with Gasteiger partial charge in [0.05, 0.1) is 12.1 Å². The van der Waals surface area contributed by atoms with Crippen LogP contribution in [0.3, 0.4) is 0 Å². The Bertz CT molecular complexity index is 449. The SMILES string of the molecule is NC(=O)CNC(=O)c1ccc(F)c(F)c1F. The van der Waals surface area contributed by atoms with Crippen molar-refractivity contribution in [2.75, 3.05) is 6.54 Å². The molecule has 0 saturated carbocycles. The molecule has 86 valence electrons. The fourth-order valence-electron chi connectivity index (χ4n) is 0.964. The summed E-state index contributed by atoms with van der Waals surface area (Å²) in [5, 5.41) is 1.94. The van der Waals surface area contributed by atoms with Gasteiger partial charge in [-0.05, 0) is 12.1 Å². The zero-order valence-electron chi connectivity index (χ0n) is 7.89. The van der Waals surface area contributed by atoms with Crippen molar-refractivity contribution in [2.45, 2.75) is 0 Å². The summed E-state index contributed by atoms with van der Waals surface area (Å²) >= 11 is 0. The molecular weight excluding hydrogens is 225 g/mol. The number of hydrogen-bond acceptors (Lipinski definition) is 2. The predicted octanol–water partition coefficient (Wildman–Crippen LogP) is 0.319. The molecule has 1 aromatic rings. The third-order valence-electron chi connectivity index (χ3n) is 1.70. The molecule has 0 aliphatic carbocycles. The zero-order chi connectivity index (χ0) is 12.3. The Morgan fingerprint density at radius 2 is 1.81 bits per heavy atom. The van der Waals surface area contributed by atoms with Gasteiger partial charge in [-0.1, -0.05) is 0 Å². The fourth-order valence-corrected chi connectivity index (χ4v) is 0.964. The number of halogens is 3. The largest absolute Gasteiger partial charge is 0.368 e. The maximum Gasteiger partial charge on any atom is 0.254 e. The standard InChI is InChI=1S/C9H7F3N2O2/c10-5-2-1-4(7(11)8(5)12)9(16)14-3-6(13)15/h1-2H,3H2,(H2,13,15)(H,14,16). The summed E-state index contributed by atoms with van der Waals surface area (Å²) in [6.45, 7) is -0.517. The summed E-state index contributed by atoms with van der Waals surface area (Å²) in [7, 11) is 0. The van der Waals surface area contributed by atoms with Crippen molar-refractivity contribution in [1.29, 1.82) is 0 Å².